The minimum Gasteiger partial charge on any atom is -0.508 e. The van der Waals surface area contributed by atoms with Crippen molar-refractivity contribution in [2.24, 2.45) is 5.92 Å². The van der Waals surface area contributed by atoms with E-state index in [0.29, 0.717) is 0 Å². The van der Waals surface area contributed by atoms with Gasteiger partial charge in [-0.2, -0.15) is 0 Å². The highest BCUT2D eigenvalue weighted by atomic mass is 16.7. The lowest BCUT2D eigenvalue weighted by atomic mass is 9.98. The third-order valence-electron chi connectivity index (χ3n) is 7.72. The van der Waals surface area contributed by atoms with E-state index in [1.165, 1.54) is 20.8 Å². The van der Waals surface area contributed by atoms with Crippen molar-refractivity contribution < 1.29 is 109 Å². The molecule has 22 heteroatoms. The van der Waals surface area contributed by atoms with Crippen LogP contribution >= 0.6 is 0 Å². The van der Waals surface area contributed by atoms with Crippen LogP contribution in [-0.2, 0) is 42.7 Å². The SMILES string of the molecule is CO[C@@H]1C(C(=O)O)O[C@H](O/C(=C(/O)[C@@H](C)O[C@H](O)/C(O)=C(\O)C(C)C)[C@@H](O)O[C@@H]2CO[C@@H](O[C@H](C)/C(O)=C(/O)[C@@H](O)OC)C(O)C2O)C(O)C1O. The lowest BCUT2D eigenvalue weighted by Crippen LogP contribution is -2.61. The topological polar surface area (TPSA) is 354 Å². The minimum atomic E-state index is -2.52. The lowest BCUT2D eigenvalue weighted by molar-refractivity contribution is -0.312. The number of carbonyl (C=O) groups is 1. The van der Waals surface area contributed by atoms with E-state index < -0.39 is 139 Å². The molecule has 14 atom stereocenters. The molecule has 0 aromatic carbocycles. The summed E-state index contributed by atoms with van der Waals surface area (Å²) in [6.07, 6.45) is -27.1. The molecule has 0 spiro atoms. The number of aliphatic hydroxyl groups excluding tert-OH is 12. The highest BCUT2D eigenvalue weighted by Gasteiger charge is 2.50. The van der Waals surface area contributed by atoms with Crippen LogP contribution in [0.25, 0.3) is 0 Å². The van der Waals surface area contributed by atoms with Gasteiger partial charge in [-0.15, -0.1) is 0 Å². The molecule has 2 heterocycles. The molecular formula is C29H48O22. The molecule has 2 saturated heterocycles. The predicted molar refractivity (Wildman–Crippen MR) is 162 cm³/mol. The van der Waals surface area contributed by atoms with Crippen molar-refractivity contribution in [2.45, 2.75) is 114 Å². The minimum absolute atomic E-state index is 0.670. The number of aliphatic carboxylic acids is 1. The summed E-state index contributed by atoms with van der Waals surface area (Å²) in [6, 6.07) is 0. The van der Waals surface area contributed by atoms with Crippen molar-refractivity contribution in [3.63, 3.8) is 0 Å². The summed E-state index contributed by atoms with van der Waals surface area (Å²) in [4.78, 5) is 11.8. The Kier molecular flexibility index (Phi) is 16.5. The Labute approximate surface area is 290 Å². The van der Waals surface area contributed by atoms with Gasteiger partial charge in [0.05, 0.1) is 6.61 Å². The number of carboxylic acid groups (broad SMARTS) is 1. The Balaban J connectivity index is 2.39. The van der Waals surface area contributed by atoms with E-state index in [0.717, 1.165) is 21.1 Å². The van der Waals surface area contributed by atoms with E-state index in [1.807, 2.05) is 0 Å². The van der Waals surface area contributed by atoms with E-state index >= 15 is 0 Å². The Bertz CT molecular complexity index is 1240. The molecule has 2 aliphatic heterocycles. The van der Waals surface area contributed by atoms with Gasteiger partial charge in [-0.25, -0.2) is 4.79 Å². The second-order valence-electron chi connectivity index (χ2n) is 11.7. The number of rotatable bonds is 17. The third-order valence-corrected chi connectivity index (χ3v) is 7.72. The largest absolute Gasteiger partial charge is 0.508 e. The smallest absolute Gasteiger partial charge is 0.335 e. The average molecular weight is 749 g/mol. The molecule has 51 heavy (non-hydrogen) atoms. The fourth-order valence-corrected chi connectivity index (χ4v) is 4.66. The van der Waals surface area contributed by atoms with Crippen LogP contribution in [0.4, 0.5) is 0 Å². The van der Waals surface area contributed by atoms with Gasteiger partial charge in [0.2, 0.25) is 25.2 Å². The summed E-state index contributed by atoms with van der Waals surface area (Å²) in [5.74, 6) is -8.26. The Hall–Kier alpha value is -3.07. The van der Waals surface area contributed by atoms with E-state index in [4.69, 9.17) is 33.2 Å². The van der Waals surface area contributed by atoms with Gasteiger partial charge in [0.25, 0.3) is 0 Å². The normalized spacial score (nSPS) is 33.3. The number of hydrogen-bond donors (Lipinski definition) is 13. The highest BCUT2D eigenvalue weighted by molar-refractivity contribution is 5.73. The molecule has 0 aromatic heterocycles. The van der Waals surface area contributed by atoms with Gasteiger partial charge in [0.15, 0.2) is 41.2 Å². The van der Waals surface area contributed by atoms with Crippen LogP contribution in [0.3, 0.4) is 0 Å². The van der Waals surface area contributed by atoms with Crippen molar-refractivity contribution in [1.29, 1.82) is 0 Å². The standard InChI is InChI=1S/C29H48O22/c1-8(2)12(30)17(35)26(42)47-10(4)14(32)22(50-29-20(38)16(34)21(44-5)23(51-29)24(39)40)27(43)49-11-7-46-28(19(37)15(11)33)48-9(3)13(31)18(36)25(41)45-6/h8-11,15-16,19-21,23,25-38,41-43H,7H2,1-6H3,(H,39,40)/b17-12+,18-13-,22-14+/t9-,10-,11-,15?,16?,19?,20?,21+,23?,25+,26+,27+,28+,29+/m1/s1. The maximum absolute atomic E-state index is 11.8. The quantitative estimate of drug-likeness (QED) is 0.0540. The van der Waals surface area contributed by atoms with Crippen molar-refractivity contribution in [1.82, 2.24) is 0 Å². The van der Waals surface area contributed by atoms with E-state index in [9.17, 15) is 71.2 Å². The van der Waals surface area contributed by atoms with Gasteiger partial charge in [-0.05, 0) is 13.8 Å². The molecule has 0 amide bonds. The van der Waals surface area contributed by atoms with Crippen molar-refractivity contribution >= 4 is 5.97 Å². The maximum Gasteiger partial charge on any atom is 0.335 e. The fraction of sp³-hybridized carbons (Fsp3) is 0.759. The van der Waals surface area contributed by atoms with Crippen molar-refractivity contribution in [3.8, 4) is 0 Å². The van der Waals surface area contributed by atoms with Gasteiger partial charge in [0.1, 0.15) is 54.6 Å². The first kappa shape index (κ1) is 44.1. The molecule has 0 bridgehead atoms. The Morgan fingerprint density at radius 2 is 1.24 bits per heavy atom. The second-order valence-corrected chi connectivity index (χ2v) is 11.7. The van der Waals surface area contributed by atoms with Gasteiger partial charge in [-0.1, -0.05) is 13.8 Å². The average Bonchev–Trinajstić information content (AvgIpc) is 3.09. The molecule has 0 aliphatic carbocycles. The molecule has 296 valence electrons. The number of aliphatic hydroxyl groups is 12. The summed E-state index contributed by atoms with van der Waals surface area (Å²) in [7, 11) is 2.05. The van der Waals surface area contributed by atoms with E-state index in [2.05, 4.69) is 4.74 Å². The molecule has 5 unspecified atom stereocenters. The van der Waals surface area contributed by atoms with Crippen molar-refractivity contribution in [2.75, 3.05) is 20.8 Å². The maximum atomic E-state index is 11.8. The summed E-state index contributed by atoms with van der Waals surface area (Å²) in [6.45, 7) is 4.48. The number of hydrogen-bond acceptors (Lipinski definition) is 21. The molecule has 13 N–H and O–H groups in total. The monoisotopic (exact) mass is 748 g/mol. The lowest BCUT2D eigenvalue weighted by Gasteiger charge is -2.41. The zero-order valence-electron chi connectivity index (χ0n) is 28.4. The third kappa shape index (κ3) is 10.7. The molecular weight excluding hydrogens is 700 g/mol. The molecule has 0 saturated carbocycles. The first-order chi connectivity index (χ1) is 23.7. The Morgan fingerprint density at radius 3 is 1.76 bits per heavy atom. The number of methoxy groups -OCH3 is 2. The van der Waals surface area contributed by atoms with Gasteiger partial charge < -0.3 is 104 Å². The van der Waals surface area contributed by atoms with Crippen LogP contribution in [0.2, 0.25) is 0 Å². The summed E-state index contributed by atoms with van der Waals surface area (Å²) < 4.78 is 41.1. The zero-order valence-corrected chi connectivity index (χ0v) is 28.4. The van der Waals surface area contributed by atoms with Gasteiger partial charge in [0, 0.05) is 20.1 Å². The fourth-order valence-electron chi connectivity index (χ4n) is 4.66. The summed E-state index contributed by atoms with van der Waals surface area (Å²) in [5, 5.41) is 134. The zero-order chi connectivity index (χ0) is 39.1. The number of allylic oxidation sites excluding steroid dienone is 1. The molecule has 2 aliphatic rings. The molecule has 2 fully saturated rings. The van der Waals surface area contributed by atoms with Gasteiger partial charge >= 0.3 is 5.97 Å². The van der Waals surface area contributed by atoms with Crippen LogP contribution in [0.15, 0.2) is 34.6 Å². The van der Waals surface area contributed by atoms with Crippen LogP contribution < -0.4 is 0 Å². The van der Waals surface area contributed by atoms with E-state index in [1.54, 1.807) is 0 Å². The molecule has 2 rings (SSSR count). The van der Waals surface area contributed by atoms with Crippen molar-refractivity contribution in [3.05, 3.63) is 34.6 Å². The van der Waals surface area contributed by atoms with Gasteiger partial charge in [-0.3, -0.25) is 0 Å². The van der Waals surface area contributed by atoms with Crippen LogP contribution in [-0.4, -0.2) is 180 Å². The summed E-state index contributed by atoms with van der Waals surface area (Å²) >= 11 is 0. The van der Waals surface area contributed by atoms with E-state index in [-0.39, 0.29) is 0 Å². The molecule has 0 radical (unpaired) electrons. The first-order valence-electron chi connectivity index (χ1n) is 15.3. The Morgan fingerprint density at radius 1 is 0.667 bits per heavy atom. The molecule has 0 aromatic rings. The molecule has 22 nitrogen and oxygen atoms in total. The van der Waals surface area contributed by atoms with Crippen LogP contribution in [0.1, 0.15) is 27.7 Å². The van der Waals surface area contributed by atoms with Crippen LogP contribution in [0.5, 0.6) is 0 Å². The second kappa shape index (κ2) is 19.1. The first-order valence-corrected chi connectivity index (χ1v) is 15.3. The highest BCUT2D eigenvalue weighted by Crippen LogP contribution is 2.30. The number of ether oxygens (including phenoxy) is 8. The number of carboxylic acids is 1. The predicted octanol–water partition coefficient (Wildman–Crippen LogP) is -2.49. The van der Waals surface area contributed by atoms with Crippen LogP contribution in [0, 0.1) is 5.92 Å². The summed E-state index contributed by atoms with van der Waals surface area (Å²) in [5.41, 5.74) is 0.